The van der Waals surface area contributed by atoms with Crippen LogP contribution in [0.3, 0.4) is 0 Å². The summed E-state index contributed by atoms with van der Waals surface area (Å²) in [6, 6.07) is 14.3. The maximum Gasteiger partial charge on any atom is 0.123 e. The first-order chi connectivity index (χ1) is 9.22. The quantitative estimate of drug-likeness (QED) is 0.866. The molecule has 1 aliphatic carbocycles. The zero-order chi connectivity index (χ0) is 13.4. The topological polar surface area (TPSA) is 32.3 Å². The summed E-state index contributed by atoms with van der Waals surface area (Å²) in [5.41, 5.74) is 3.17. The summed E-state index contributed by atoms with van der Waals surface area (Å²) < 4.78 is 13.0. The lowest BCUT2D eigenvalue weighted by atomic mass is 9.91. The lowest BCUT2D eigenvalue weighted by Crippen LogP contribution is -2.28. The van der Waals surface area contributed by atoms with Gasteiger partial charge in [0.1, 0.15) is 5.82 Å². The second-order valence-electron chi connectivity index (χ2n) is 4.92. The maximum atomic E-state index is 13.0. The molecule has 0 aromatic heterocycles. The fraction of sp³-hybridized carbons (Fsp3) is 0.250. The monoisotopic (exact) mass is 257 g/mol. The molecule has 19 heavy (non-hydrogen) atoms. The molecule has 3 heteroatoms. The van der Waals surface area contributed by atoms with Crippen molar-refractivity contribution in [1.82, 2.24) is 5.32 Å². The van der Waals surface area contributed by atoms with Crippen molar-refractivity contribution in [3.63, 3.8) is 0 Å². The molecule has 0 saturated carbocycles. The lowest BCUT2D eigenvalue weighted by Gasteiger charge is -2.20. The van der Waals surface area contributed by atoms with Gasteiger partial charge in [0.15, 0.2) is 0 Å². The largest absolute Gasteiger partial charge is 0.390 e. The minimum absolute atomic E-state index is 0.0775. The van der Waals surface area contributed by atoms with Gasteiger partial charge in [0.05, 0.1) is 12.1 Å². The molecule has 2 nitrogen and oxygen atoms in total. The Bertz CT molecular complexity index is 582. The lowest BCUT2D eigenvalue weighted by molar-refractivity contribution is 0.130. The number of aliphatic hydroxyl groups is 1. The molecule has 1 unspecified atom stereocenters. The molecule has 0 amide bonds. The number of benzene rings is 2. The van der Waals surface area contributed by atoms with Crippen LogP contribution in [0.1, 0.15) is 28.7 Å². The van der Waals surface area contributed by atoms with Crippen molar-refractivity contribution < 1.29 is 9.50 Å². The number of hydrogen-bond acceptors (Lipinski definition) is 2. The molecule has 0 heterocycles. The standard InChI is InChI=1S/C16H16FNO/c1-18-15-13-5-3-2-4-12(13)14(16(15)19)10-6-8-11(17)9-7-10/h2-9,14-16,18-19H,1H3/t14-,15-,16?/m0/s1. The minimum atomic E-state index is -0.534. The van der Waals surface area contributed by atoms with E-state index in [0.29, 0.717) is 0 Å². The van der Waals surface area contributed by atoms with Crippen LogP contribution in [-0.4, -0.2) is 18.3 Å². The first-order valence-corrected chi connectivity index (χ1v) is 6.42. The Kier molecular flexibility index (Phi) is 3.09. The number of halogens is 1. The van der Waals surface area contributed by atoms with E-state index in [0.717, 1.165) is 16.7 Å². The molecule has 0 radical (unpaired) electrons. The Balaban J connectivity index is 2.09. The zero-order valence-electron chi connectivity index (χ0n) is 10.7. The molecule has 0 saturated heterocycles. The predicted molar refractivity (Wildman–Crippen MR) is 72.5 cm³/mol. The van der Waals surface area contributed by atoms with E-state index in [1.165, 1.54) is 12.1 Å². The Morgan fingerprint density at radius 1 is 1.00 bits per heavy atom. The molecule has 0 spiro atoms. The van der Waals surface area contributed by atoms with Crippen molar-refractivity contribution in [2.75, 3.05) is 7.05 Å². The molecule has 98 valence electrons. The molecule has 0 fully saturated rings. The average Bonchev–Trinajstić information content (AvgIpc) is 2.71. The molecular formula is C16H16FNO. The van der Waals surface area contributed by atoms with Gasteiger partial charge in [-0.15, -0.1) is 0 Å². The van der Waals surface area contributed by atoms with Crippen LogP contribution in [0.15, 0.2) is 48.5 Å². The summed E-state index contributed by atoms with van der Waals surface area (Å²) >= 11 is 0. The first-order valence-electron chi connectivity index (χ1n) is 6.42. The van der Waals surface area contributed by atoms with Crippen LogP contribution in [-0.2, 0) is 0 Å². The van der Waals surface area contributed by atoms with Crippen LogP contribution in [0.5, 0.6) is 0 Å². The van der Waals surface area contributed by atoms with Crippen molar-refractivity contribution in [3.05, 3.63) is 71.0 Å². The number of rotatable bonds is 2. The minimum Gasteiger partial charge on any atom is -0.390 e. The second-order valence-corrected chi connectivity index (χ2v) is 4.92. The van der Waals surface area contributed by atoms with E-state index < -0.39 is 6.10 Å². The van der Waals surface area contributed by atoms with Gasteiger partial charge in [-0.2, -0.15) is 0 Å². The SMILES string of the molecule is CN[C@H]1c2ccccc2[C@H](c2ccc(F)cc2)C1O. The maximum absolute atomic E-state index is 13.0. The normalized spacial score (nSPS) is 25.3. The number of hydrogen-bond donors (Lipinski definition) is 2. The summed E-state index contributed by atoms with van der Waals surface area (Å²) in [6.45, 7) is 0. The fourth-order valence-corrected chi connectivity index (χ4v) is 3.01. The van der Waals surface area contributed by atoms with Gasteiger partial charge in [0.25, 0.3) is 0 Å². The molecule has 3 atom stereocenters. The highest BCUT2D eigenvalue weighted by Gasteiger charge is 2.39. The van der Waals surface area contributed by atoms with Crippen LogP contribution in [0, 0.1) is 5.82 Å². The van der Waals surface area contributed by atoms with Gasteiger partial charge in [-0.3, -0.25) is 0 Å². The third-order valence-corrected chi connectivity index (χ3v) is 3.89. The zero-order valence-corrected chi connectivity index (χ0v) is 10.7. The molecule has 1 aliphatic rings. The summed E-state index contributed by atoms with van der Waals surface area (Å²) in [7, 11) is 1.84. The molecule has 0 aliphatic heterocycles. The molecule has 2 aromatic carbocycles. The molecule has 0 bridgehead atoms. The van der Waals surface area contributed by atoms with E-state index in [1.54, 1.807) is 12.1 Å². The third-order valence-electron chi connectivity index (χ3n) is 3.89. The van der Waals surface area contributed by atoms with Gasteiger partial charge in [-0.25, -0.2) is 4.39 Å². The van der Waals surface area contributed by atoms with Crippen LogP contribution in [0.4, 0.5) is 4.39 Å². The van der Waals surface area contributed by atoms with Crippen molar-refractivity contribution in [2.45, 2.75) is 18.1 Å². The Morgan fingerprint density at radius 3 is 2.26 bits per heavy atom. The smallest absolute Gasteiger partial charge is 0.123 e. The van der Waals surface area contributed by atoms with E-state index in [9.17, 15) is 9.50 Å². The highest BCUT2D eigenvalue weighted by atomic mass is 19.1. The molecule has 2 N–H and O–H groups in total. The van der Waals surface area contributed by atoms with E-state index in [-0.39, 0.29) is 17.8 Å². The Labute approximate surface area is 111 Å². The van der Waals surface area contributed by atoms with E-state index in [4.69, 9.17) is 0 Å². The number of fused-ring (bicyclic) bond motifs is 1. The van der Waals surface area contributed by atoms with Gasteiger partial charge < -0.3 is 10.4 Å². The highest BCUT2D eigenvalue weighted by Crippen LogP contribution is 2.43. The van der Waals surface area contributed by atoms with Gasteiger partial charge in [-0.1, -0.05) is 36.4 Å². The van der Waals surface area contributed by atoms with E-state index >= 15 is 0 Å². The van der Waals surface area contributed by atoms with Gasteiger partial charge in [0.2, 0.25) is 0 Å². The van der Waals surface area contributed by atoms with Gasteiger partial charge >= 0.3 is 0 Å². The number of nitrogens with one attached hydrogen (secondary N) is 1. The van der Waals surface area contributed by atoms with Crippen molar-refractivity contribution >= 4 is 0 Å². The van der Waals surface area contributed by atoms with Crippen LogP contribution >= 0.6 is 0 Å². The third kappa shape index (κ3) is 1.95. The van der Waals surface area contributed by atoms with Gasteiger partial charge in [-0.05, 0) is 35.9 Å². The fourth-order valence-electron chi connectivity index (χ4n) is 3.01. The van der Waals surface area contributed by atoms with E-state index in [2.05, 4.69) is 5.32 Å². The average molecular weight is 257 g/mol. The van der Waals surface area contributed by atoms with Crippen LogP contribution in [0.2, 0.25) is 0 Å². The first kappa shape index (κ1) is 12.3. The number of likely N-dealkylation sites (N-methyl/N-ethyl adjacent to an activating group) is 1. The van der Waals surface area contributed by atoms with Crippen molar-refractivity contribution in [1.29, 1.82) is 0 Å². The molecule has 3 rings (SSSR count). The van der Waals surface area contributed by atoms with Crippen molar-refractivity contribution in [3.8, 4) is 0 Å². The summed E-state index contributed by atoms with van der Waals surface area (Å²) in [6.07, 6.45) is -0.534. The van der Waals surface area contributed by atoms with Crippen LogP contribution in [0.25, 0.3) is 0 Å². The van der Waals surface area contributed by atoms with Crippen LogP contribution < -0.4 is 5.32 Å². The summed E-state index contributed by atoms with van der Waals surface area (Å²) in [5.74, 6) is -0.357. The predicted octanol–water partition coefficient (Wildman–Crippen LogP) is 2.59. The Morgan fingerprint density at radius 2 is 1.63 bits per heavy atom. The van der Waals surface area contributed by atoms with Crippen molar-refractivity contribution in [2.24, 2.45) is 0 Å². The Hall–Kier alpha value is -1.71. The van der Waals surface area contributed by atoms with E-state index in [1.807, 2.05) is 31.3 Å². The summed E-state index contributed by atoms with van der Waals surface area (Å²) in [5, 5.41) is 13.7. The molecular weight excluding hydrogens is 241 g/mol. The molecule has 2 aromatic rings. The summed E-state index contributed by atoms with van der Waals surface area (Å²) in [4.78, 5) is 0. The highest BCUT2D eigenvalue weighted by molar-refractivity contribution is 5.46. The van der Waals surface area contributed by atoms with Gasteiger partial charge in [0, 0.05) is 5.92 Å². The second kappa shape index (κ2) is 4.76. The number of aliphatic hydroxyl groups excluding tert-OH is 1.